The topological polar surface area (TPSA) is 72.6 Å². The first-order chi connectivity index (χ1) is 12.9. The molecule has 0 aliphatic rings. The average Bonchev–Trinajstić information content (AvgIpc) is 3.01. The van der Waals surface area contributed by atoms with E-state index < -0.39 is 5.97 Å². The molecule has 0 saturated heterocycles. The van der Waals surface area contributed by atoms with Gasteiger partial charge in [-0.15, -0.1) is 0 Å². The van der Waals surface area contributed by atoms with E-state index >= 15 is 0 Å². The van der Waals surface area contributed by atoms with Crippen LogP contribution in [0.2, 0.25) is 5.02 Å². The highest BCUT2D eigenvalue weighted by Gasteiger charge is 2.13. The fourth-order valence-corrected chi connectivity index (χ4v) is 2.83. The first kappa shape index (κ1) is 19.0. The van der Waals surface area contributed by atoms with Gasteiger partial charge < -0.3 is 14.3 Å². The van der Waals surface area contributed by atoms with Gasteiger partial charge in [-0.05, 0) is 54.8 Å². The highest BCUT2D eigenvalue weighted by Crippen LogP contribution is 2.25. The zero-order valence-corrected chi connectivity index (χ0v) is 15.9. The summed E-state index contributed by atoms with van der Waals surface area (Å²) in [6.45, 7) is 4.02. The van der Waals surface area contributed by atoms with E-state index in [0.717, 1.165) is 16.8 Å². The van der Waals surface area contributed by atoms with Crippen LogP contribution in [0.4, 0.5) is 0 Å². The number of hydrogen-bond donors (Lipinski definition) is 1. The largest absolute Gasteiger partial charge is 0.487 e. The van der Waals surface area contributed by atoms with Crippen molar-refractivity contribution < 1.29 is 19.1 Å². The maximum Gasteiger partial charge on any atom is 0.303 e. The van der Waals surface area contributed by atoms with E-state index in [4.69, 9.17) is 25.9 Å². The highest BCUT2D eigenvalue weighted by molar-refractivity contribution is 6.30. The first-order valence-electron chi connectivity index (χ1n) is 8.59. The van der Waals surface area contributed by atoms with E-state index in [1.54, 1.807) is 12.1 Å². The molecule has 0 saturated carbocycles. The Morgan fingerprint density at radius 1 is 1.19 bits per heavy atom. The molecule has 1 aromatic heterocycles. The molecule has 3 aromatic rings. The molecule has 0 aliphatic carbocycles. The van der Waals surface area contributed by atoms with Crippen molar-refractivity contribution in [2.24, 2.45) is 0 Å². The summed E-state index contributed by atoms with van der Waals surface area (Å²) in [6, 6.07) is 14.7. The summed E-state index contributed by atoms with van der Waals surface area (Å²) >= 11 is 5.91. The molecule has 1 atom stereocenters. The number of oxazole rings is 1. The maximum absolute atomic E-state index is 10.8. The van der Waals surface area contributed by atoms with Gasteiger partial charge in [-0.3, -0.25) is 4.79 Å². The van der Waals surface area contributed by atoms with Gasteiger partial charge in [-0.1, -0.05) is 30.7 Å². The molecule has 3 rings (SSSR count). The lowest BCUT2D eigenvalue weighted by Gasteiger charge is -2.10. The van der Waals surface area contributed by atoms with Crippen molar-refractivity contribution in [2.45, 2.75) is 32.8 Å². The molecule has 0 bridgehead atoms. The Labute approximate surface area is 162 Å². The van der Waals surface area contributed by atoms with Gasteiger partial charge in [0.1, 0.15) is 23.8 Å². The minimum Gasteiger partial charge on any atom is -0.487 e. The zero-order chi connectivity index (χ0) is 19.4. The summed E-state index contributed by atoms with van der Waals surface area (Å²) < 4.78 is 11.5. The van der Waals surface area contributed by atoms with Crippen LogP contribution in [-0.4, -0.2) is 16.1 Å². The van der Waals surface area contributed by atoms with E-state index in [0.29, 0.717) is 22.4 Å². The highest BCUT2D eigenvalue weighted by atomic mass is 35.5. The van der Waals surface area contributed by atoms with Crippen LogP contribution in [0.15, 0.2) is 52.9 Å². The van der Waals surface area contributed by atoms with E-state index in [1.807, 2.05) is 50.2 Å². The number of aryl methyl sites for hydroxylation is 1. The van der Waals surface area contributed by atoms with Crippen molar-refractivity contribution in [3.63, 3.8) is 0 Å². The van der Waals surface area contributed by atoms with Gasteiger partial charge in [-0.25, -0.2) is 4.98 Å². The van der Waals surface area contributed by atoms with E-state index in [9.17, 15) is 4.79 Å². The summed E-state index contributed by atoms with van der Waals surface area (Å²) in [6.07, 6.45) is 0.103. The average molecular weight is 386 g/mol. The molecule has 0 radical (unpaired) electrons. The molecule has 5 nitrogen and oxygen atoms in total. The standard InChI is InChI=1S/C21H20ClNO4/c1-13(11-20(24)25)15-5-9-18(10-6-15)26-12-19-14(2)27-21(23-19)16-3-7-17(22)8-4-16/h3-10,13H,11-12H2,1-2H3,(H,24,25). The lowest BCUT2D eigenvalue weighted by Crippen LogP contribution is -2.03. The molecular formula is C21H20ClNO4. The number of benzene rings is 2. The van der Waals surface area contributed by atoms with Crippen LogP contribution in [0.5, 0.6) is 5.75 Å². The fraction of sp³-hybridized carbons (Fsp3) is 0.238. The summed E-state index contributed by atoms with van der Waals surface area (Å²) in [5.74, 6) is 1.07. The minimum absolute atomic E-state index is 0.0451. The predicted octanol–water partition coefficient (Wildman–Crippen LogP) is 5.46. The fourth-order valence-electron chi connectivity index (χ4n) is 2.70. The number of carboxylic acids is 1. The maximum atomic E-state index is 10.8. The molecule has 1 N–H and O–H groups in total. The second kappa shape index (κ2) is 8.27. The molecule has 0 spiro atoms. The Hall–Kier alpha value is -2.79. The first-order valence-corrected chi connectivity index (χ1v) is 8.97. The SMILES string of the molecule is Cc1oc(-c2ccc(Cl)cc2)nc1COc1ccc(C(C)CC(=O)O)cc1. The number of aliphatic carboxylic acids is 1. The molecule has 0 amide bonds. The molecular weight excluding hydrogens is 366 g/mol. The Kier molecular flexibility index (Phi) is 5.81. The van der Waals surface area contributed by atoms with Crippen LogP contribution in [0.25, 0.3) is 11.5 Å². The number of nitrogens with zero attached hydrogens (tertiary/aromatic N) is 1. The summed E-state index contributed by atoms with van der Waals surface area (Å²) in [7, 11) is 0. The molecule has 1 unspecified atom stereocenters. The number of carboxylic acid groups (broad SMARTS) is 1. The van der Waals surface area contributed by atoms with Crippen molar-refractivity contribution in [2.75, 3.05) is 0 Å². The van der Waals surface area contributed by atoms with Crippen LogP contribution in [0.1, 0.15) is 36.3 Å². The molecule has 2 aromatic carbocycles. The zero-order valence-electron chi connectivity index (χ0n) is 15.1. The van der Waals surface area contributed by atoms with E-state index in [1.165, 1.54) is 0 Å². The third-order valence-corrected chi connectivity index (χ3v) is 4.54. The molecule has 1 heterocycles. The third-order valence-electron chi connectivity index (χ3n) is 4.29. The van der Waals surface area contributed by atoms with Gasteiger partial charge in [0.05, 0.1) is 6.42 Å². The normalized spacial score (nSPS) is 12.0. The molecule has 0 aliphatic heterocycles. The second-order valence-corrected chi connectivity index (χ2v) is 6.82. The quantitative estimate of drug-likeness (QED) is 0.584. The number of halogens is 1. The van der Waals surface area contributed by atoms with Crippen LogP contribution in [-0.2, 0) is 11.4 Å². The van der Waals surface area contributed by atoms with Crippen molar-refractivity contribution >= 4 is 17.6 Å². The van der Waals surface area contributed by atoms with Gasteiger partial charge in [0, 0.05) is 10.6 Å². The van der Waals surface area contributed by atoms with Crippen molar-refractivity contribution in [3.8, 4) is 17.2 Å². The van der Waals surface area contributed by atoms with Gasteiger partial charge in [0.15, 0.2) is 0 Å². The Morgan fingerprint density at radius 3 is 2.48 bits per heavy atom. The Bertz CT molecular complexity index is 916. The van der Waals surface area contributed by atoms with Crippen LogP contribution in [0, 0.1) is 6.92 Å². The van der Waals surface area contributed by atoms with Gasteiger partial charge in [-0.2, -0.15) is 0 Å². The molecule has 6 heteroatoms. The van der Waals surface area contributed by atoms with Crippen LogP contribution >= 0.6 is 11.6 Å². The second-order valence-electron chi connectivity index (χ2n) is 6.39. The Balaban J connectivity index is 1.65. The number of hydrogen-bond acceptors (Lipinski definition) is 4. The molecule has 140 valence electrons. The molecule has 27 heavy (non-hydrogen) atoms. The predicted molar refractivity (Wildman–Crippen MR) is 103 cm³/mol. The summed E-state index contributed by atoms with van der Waals surface area (Å²) in [4.78, 5) is 15.3. The number of rotatable bonds is 7. The smallest absolute Gasteiger partial charge is 0.303 e. The minimum atomic E-state index is -0.805. The van der Waals surface area contributed by atoms with Gasteiger partial charge in [0.25, 0.3) is 0 Å². The number of aromatic nitrogens is 1. The lowest BCUT2D eigenvalue weighted by atomic mass is 9.98. The summed E-state index contributed by atoms with van der Waals surface area (Å²) in [5, 5.41) is 9.55. The van der Waals surface area contributed by atoms with Gasteiger partial charge in [0.2, 0.25) is 5.89 Å². The van der Waals surface area contributed by atoms with Crippen LogP contribution in [0.3, 0.4) is 0 Å². The van der Waals surface area contributed by atoms with Crippen molar-refractivity contribution in [1.29, 1.82) is 0 Å². The van der Waals surface area contributed by atoms with Crippen molar-refractivity contribution in [3.05, 3.63) is 70.6 Å². The van der Waals surface area contributed by atoms with Gasteiger partial charge >= 0.3 is 5.97 Å². The summed E-state index contributed by atoms with van der Waals surface area (Å²) in [5.41, 5.74) is 2.54. The van der Waals surface area contributed by atoms with Crippen molar-refractivity contribution in [1.82, 2.24) is 4.98 Å². The number of ether oxygens (including phenoxy) is 1. The van der Waals surface area contributed by atoms with Crippen LogP contribution < -0.4 is 4.74 Å². The monoisotopic (exact) mass is 385 g/mol. The number of carbonyl (C=O) groups is 1. The Morgan fingerprint density at radius 2 is 1.85 bits per heavy atom. The lowest BCUT2D eigenvalue weighted by molar-refractivity contribution is -0.137. The molecule has 0 fully saturated rings. The van der Waals surface area contributed by atoms with E-state index in [2.05, 4.69) is 4.98 Å². The third kappa shape index (κ3) is 4.89. The van der Waals surface area contributed by atoms with E-state index in [-0.39, 0.29) is 18.9 Å².